The number of hydrogen-bond donors (Lipinski definition) is 1. The fraction of sp³-hybridized carbons (Fsp3) is 0.455. The largest absolute Gasteiger partial charge is 0.464 e. The van der Waals surface area contributed by atoms with E-state index in [2.05, 4.69) is 10.3 Å². The van der Waals surface area contributed by atoms with Crippen molar-refractivity contribution in [2.45, 2.75) is 26.1 Å². The van der Waals surface area contributed by atoms with Crippen molar-refractivity contribution in [3.8, 4) is 0 Å². The van der Waals surface area contributed by atoms with E-state index >= 15 is 0 Å². The molecule has 100 valence electrons. The normalized spacial score (nSPS) is 12.9. The molecule has 0 spiro atoms. The molecule has 1 aromatic rings. The van der Waals surface area contributed by atoms with E-state index in [0.717, 1.165) is 6.07 Å². The minimum Gasteiger partial charge on any atom is -0.464 e. The molecule has 0 saturated carbocycles. The third-order valence-electron chi connectivity index (χ3n) is 2.10. The summed E-state index contributed by atoms with van der Waals surface area (Å²) in [6.45, 7) is 3.45. The summed E-state index contributed by atoms with van der Waals surface area (Å²) in [5, 5.41) is 2.65. The number of esters is 1. The number of carbonyl (C=O) groups excluding carboxylic acids is 1. The molecule has 1 aromatic heterocycles. The van der Waals surface area contributed by atoms with Crippen LogP contribution in [0.1, 0.15) is 19.4 Å². The van der Waals surface area contributed by atoms with Crippen LogP contribution in [-0.4, -0.2) is 23.6 Å². The van der Waals surface area contributed by atoms with Crippen molar-refractivity contribution < 1.29 is 22.7 Å². The minimum atomic E-state index is -4.42. The zero-order valence-electron chi connectivity index (χ0n) is 9.91. The number of pyridine rings is 1. The van der Waals surface area contributed by atoms with E-state index in [1.807, 2.05) is 0 Å². The number of rotatable bonds is 4. The molecule has 1 unspecified atom stereocenters. The Kier molecular flexibility index (Phi) is 4.52. The maximum absolute atomic E-state index is 12.3. The van der Waals surface area contributed by atoms with Gasteiger partial charge in [0.2, 0.25) is 0 Å². The van der Waals surface area contributed by atoms with Gasteiger partial charge < -0.3 is 10.1 Å². The number of halogens is 3. The summed E-state index contributed by atoms with van der Waals surface area (Å²) >= 11 is 0. The van der Waals surface area contributed by atoms with Crippen LogP contribution >= 0.6 is 0 Å². The van der Waals surface area contributed by atoms with Gasteiger partial charge in [-0.3, -0.25) is 0 Å². The van der Waals surface area contributed by atoms with Gasteiger partial charge in [0.05, 0.1) is 12.2 Å². The van der Waals surface area contributed by atoms with Gasteiger partial charge in [-0.2, -0.15) is 13.2 Å². The van der Waals surface area contributed by atoms with E-state index < -0.39 is 23.8 Å². The van der Waals surface area contributed by atoms with Crippen LogP contribution in [0.2, 0.25) is 0 Å². The summed E-state index contributed by atoms with van der Waals surface area (Å²) in [6, 6.07) is 1.39. The Bertz CT molecular complexity index is 404. The van der Waals surface area contributed by atoms with E-state index in [1.54, 1.807) is 6.92 Å². The molecule has 7 heteroatoms. The van der Waals surface area contributed by atoms with Crippen LogP contribution in [0.15, 0.2) is 18.3 Å². The van der Waals surface area contributed by atoms with Crippen LogP contribution < -0.4 is 5.32 Å². The number of ether oxygens (including phenoxy) is 1. The Morgan fingerprint density at radius 3 is 2.61 bits per heavy atom. The fourth-order valence-corrected chi connectivity index (χ4v) is 1.19. The first-order chi connectivity index (χ1) is 8.34. The molecule has 4 nitrogen and oxygen atoms in total. The number of hydrogen-bond acceptors (Lipinski definition) is 4. The molecule has 0 aromatic carbocycles. The van der Waals surface area contributed by atoms with Crippen LogP contribution in [0.4, 0.5) is 19.0 Å². The monoisotopic (exact) mass is 262 g/mol. The number of anilines is 1. The molecule has 18 heavy (non-hydrogen) atoms. The van der Waals surface area contributed by atoms with E-state index in [1.165, 1.54) is 13.0 Å². The second-order valence-corrected chi connectivity index (χ2v) is 3.55. The summed E-state index contributed by atoms with van der Waals surface area (Å²) < 4.78 is 41.6. The first-order valence-electron chi connectivity index (χ1n) is 5.31. The highest BCUT2D eigenvalue weighted by molar-refractivity contribution is 5.78. The Labute approximate surface area is 102 Å². The first kappa shape index (κ1) is 14.3. The minimum absolute atomic E-state index is 0.184. The lowest BCUT2D eigenvalue weighted by atomic mass is 10.2. The molecule has 0 aliphatic rings. The van der Waals surface area contributed by atoms with Crippen LogP contribution in [0, 0.1) is 0 Å². The van der Waals surface area contributed by atoms with Crippen molar-refractivity contribution in [2.24, 2.45) is 0 Å². The summed E-state index contributed by atoms with van der Waals surface area (Å²) in [6.07, 6.45) is -3.71. The standard InChI is InChI=1S/C11H13F3N2O2/c1-3-18-10(17)7(2)16-9-5-4-8(6-15-9)11(12,13)14/h4-7H,3H2,1-2H3,(H,15,16). The SMILES string of the molecule is CCOC(=O)C(C)Nc1ccc(C(F)(F)F)cn1. The summed E-state index contributed by atoms with van der Waals surface area (Å²) in [4.78, 5) is 14.9. The average molecular weight is 262 g/mol. The molecule has 1 atom stereocenters. The van der Waals surface area contributed by atoms with E-state index in [-0.39, 0.29) is 12.4 Å². The fourth-order valence-electron chi connectivity index (χ4n) is 1.19. The van der Waals surface area contributed by atoms with E-state index in [4.69, 9.17) is 4.74 Å². The molecular weight excluding hydrogens is 249 g/mol. The molecule has 0 aliphatic carbocycles. The van der Waals surface area contributed by atoms with Gasteiger partial charge in [0.25, 0.3) is 0 Å². The maximum atomic E-state index is 12.3. The highest BCUT2D eigenvalue weighted by atomic mass is 19.4. The zero-order valence-corrected chi connectivity index (χ0v) is 9.91. The summed E-state index contributed by atoms with van der Waals surface area (Å²) in [5.74, 6) is -0.303. The molecule has 1 N–H and O–H groups in total. The van der Waals surface area contributed by atoms with Gasteiger partial charge in [-0.05, 0) is 26.0 Å². The Morgan fingerprint density at radius 1 is 1.50 bits per heavy atom. The smallest absolute Gasteiger partial charge is 0.417 e. The van der Waals surface area contributed by atoms with Gasteiger partial charge >= 0.3 is 12.1 Å². The molecule has 0 aliphatic heterocycles. The second-order valence-electron chi connectivity index (χ2n) is 3.55. The molecular formula is C11H13F3N2O2. The number of aromatic nitrogens is 1. The number of nitrogens with zero attached hydrogens (tertiary/aromatic N) is 1. The highest BCUT2D eigenvalue weighted by Gasteiger charge is 2.30. The lowest BCUT2D eigenvalue weighted by Gasteiger charge is -2.13. The summed E-state index contributed by atoms with van der Waals surface area (Å²) in [5.41, 5.74) is -0.836. The van der Waals surface area contributed by atoms with Gasteiger partial charge in [-0.25, -0.2) is 9.78 Å². The predicted octanol–water partition coefficient (Wildman–Crippen LogP) is 2.46. The van der Waals surface area contributed by atoms with Crippen molar-refractivity contribution in [1.82, 2.24) is 4.98 Å². The number of nitrogens with one attached hydrogen (secondary N) is 1. The Morgan fingerprint density at radius 2 is 2.17 bits per heavy atom. The quantitative estimate of drug-likeness (QED) is 0.847. The van der Waals surface area contributed by atoms with Crippen LogP contribution in [-0.2, 0) is 15.7 Å². The second kappa shape index (κ2) is 5.70. The molecule has 0 bridgehead atoms. The van der Waals surface area contributed by atoms with Crippen LogP contribution in [0.3, 0.4) is 0 Å². The van der Waals surface area contributed by atoms with Gasteiger partial charge in [0.15, 0.2) is 0 Å². The Balaban J connectivity index is 2.67. The van der Waals surface area contributed by atoms with Crippen molar-refractivity contribution >= 4 is 11.8 Å². The predicted molar refractivity (Wildman–Crippen MR) is 59.0 cm³/mol. The Hall–Kier alpha value is -1.79. The highest BCUT2D eigenvalue weighted by Crippen LogP contribution is 2.28. The van der Waals surface area contributed by atoms with Gasteiger partial charge in [0.1, 0.15) is 11.9 Å². The topological polar surface area (TPSA) is 51.2 Å². The number of carbonyl (C=O) groups is 1. The third-order valence-corrected chi connectivity index (χ3v) is 2.10. The van der Waals surface area contributed by atoms with Gasteiger partial charge in [0, 0.05) is 6.20 Å². The summed E-state index contributed by atoms with van der Waals surface area (Å²) in [7, 11) is 0. The molecule has 0 fully saturated rings. The van der Waals surface area contributed by atoms with Gasteiger partial charge in [-0.1, -0.05) is 0 Å². The van der Waals surface area contributed by atoms with Crippen molar-refractivity contribution in [3.63, 3.8) is 0 Å². The van der Waals surface area contributed by atoms with Crippen LogP contribution in [0.25, 0.3) is 0 Å². The lowest BCUT2D eigenvalue weighted by Crippen LogP contribution is -2.28. The van der Waals surface area contributed by atoms with E-state index in [9.17, 15) is 18.0 Å². The first-order valence-corrected chi connectivity index (χ1v) is 5.31. The number of alkyl halides is 3. The average Bonchev–Trinajstić information content (AvgIpc) is 2.28. The van der Waals surface area contributed by atoms with Crippen LogP contribution in [0.5, 0.6) is 0 Å². The molecule has 0 amide bonds. The van der Waals surface area contributed by atoms with Crippen molar-refractivity contribution in [1.29, 1.82) is 0 Å². The van der Waals surface area contributed by atoms with Gasteiger partial charge in [-0.15, -0.1) is 0 Å². The zero-order chi connectivity index (χ0) is 13.8. The molecule has 0 radical (unpaired) electrons. The van der Waals surface area contributed by atoms with Crippen molar-refractivity contribution in [2.75, 3.05) is 11.9 Å². The molecule has 0 saturated heterocycles. The molecule has 1 heterocycles. The maximum Gasteiger partial charge on any atom is 0.417 e. The van der Waals surface area contributed by atoms with Crippen molar-refractivity contribution in [3.05, 3.63) is 23.9 Å². The lowest BCUT2D eigenvalue weighted by molar-refractivity contribution is -0.143. The van der Waals surface area contributed by atoms with E-state index in [0.29, 0.717) is 6.20 Å². The third kappa shape index (κ3) is 3.90. The molecule has 1 rings (SSSR count).